The summed E-state index contributed by atoms with van der Waals surface area (Å²) < 4.78 is 5.42. The average molecular weight is 299 g/mol. The van der Waals surface area contributed by atoms with Gasteiger partial charge in [-0.2, -0.15) is 0 Å². The van der Waals surface area contributed by atoms with E-state index in [1.165, 1.54) is 16.7 Å². The number of ether oxygens (including phenoxy) is 1. The Bertz CT molecular complexity index is 425. The predicted molar refractivity (Wildman–Crippen MR) is 82.5 cm³/mol. The molecule has 1 saturated heterocycles. The summed E-state index contributed by atoms with van der Waals surface area (Å²) in [6.45, 7) is 6.91. The first-order valence-electron chi connectivity index (χ1n) is 6.83. The van der Waals surface area contributed by atoms with Crippen molar-refractivity contribution in [1.29, 1.82) is 0 Å². The lowest BCUT2D eigenvalue weighted by molar-refractivity contribution is -0.134. The van der Waals surface area contributed by atoms with Gasteiger partial charge in [0.25, 0.3) is 0 Å². The molecule has 0 bridgehead atoms. The highest BCUT2D eigenvalue weighted by Gasteiger charge is 2.21. The Morgan fingerprint density at radius 3 is 2.70 bits per heavy atom. The fourth-order valence-corrected chi connectivity index (χ4v) is 2.40. The third-order valence-electron chi connectivity index (χ3n) is 3.54. The Labute approximate surface area is 126 Å². The number of carbonyl (C=O) groups excluding carboxylic acids is 1. The Balaban J connectivity index is 0.00000200. The number of morpholine rings is 1. The first-order valence-corrected chi connectivity index (χ1v) is 6.83. The lowest BCUT2D eigenvalue weighted by atomic mass is 10.0. The molecule has 0 radical (unpaired) electrons. The maximum absolute atomic E-state index is 11.9. The van der Waals surface area contributed by atoms with Gasteiger partial charge in [0.15, 0.2) is 0 Å². The number of nitrogens with one attached hydrogen (secondary N) is 2. The van der Waals surface area contributed by atoms with Crippen molar-refractivity contribution in [3.05, 3.63) is 34.9 Å². The smallest absolute Gasteiger partial charge is 0.250 e. The monoisotopic (exact) mass is 298 g/mol. The first kappa shape index (κ1) is 17.0. The average Bonchev–Trinajstić information content (AvgIpc) is 2.43. The van der Waals surface area contributed by atoms with Gasteiger partial charge < -0.3 is 15.4 Å². The number of carbonyl (C=O) groups is 1. The SMILES string of the molecule is Cc1cccc(C)c1CCNC(=O)C1CNCCO1.Cl. The molecule has 1 amide bonds. The van der Waals surface area contributed by atoms with E-state index in [1.807, 2.05) is 0 Å². The minimum absolute atomic E-state index is 0. The third kappa shape index (κ3) is 4.47. The molecule has 2 N–H and O–H groups in total. The molecule has 1 atom stereocenters. The van der Waals surface area contributed by atoms with E-state index in [0.29, 0.717) is 19.7 Å². The van der Waals surface area contributed by atoms with Gasteiger partial charge in [-0.3, -0.25) is 4.79 Å². The van der Waals surface area contributed by atoms with Crippen molar-refractivity contribution in [2.24, 2.45) is 0 Å². The van der Waals surface area contributed by atoms with Gasteiger partial charge in [0.2, 0.25) is 5.91 Å². The standard InChI is InChI=1S/C15H22N2O2.ClH/c1-11-4-3-5-12(2)13(11)6-7-17-15(18)14-10-16-8-9-19-14;/h3-5,14,16H,6-10H2,1-2H3,(H,17,18);1H. The molecule has 1 heterocycles. The highest BCUT2D eigenvalue weighted by molar-refractivity contribution is 5.85. The Morgan fingerprint density at radius 2 is 2.10 bits per heavy atom. The van der Waals surface area contributed by atoms with Gasteiger partial charge in [-0.15, -0.1) is 12.4 Å². The summed E-state index contributed by atoms with van der Waals surface area (Å²) in [6.07, 6.45) is 0.524. The molecule has 4 nitrogen and oxygen atoms in total. The van der Waals surface area contributed by atoms with Gasteiger partial charge >= 0.3 is 0 Å². The largest absolute Gasteiger partial charge is 0.366 e. The molecule has 1 aromatic carbocycles. The van der Waals surface area contributed by atoms with Crippen LogP contribution in [0.25, 0.3) is 0 Å². The van der Waals surface area contributed by atoms with Crippen molar-refractivity contribution in [2.45, 2.75) is 26.4 Å². The van der Waals surface area contributed by atoms with Crippen LogP contribution in [0.1, 0.15) is 16.7 Å². The minimum Gasteiger partial charge on any atom is -0.366 e. The number of hydrogen-bond donors (Lipinski definition) is 2. The highest BCUT2D eigenvalue weighted by atomic mass is 35.5. The molecule has 20 heavy (non-hydrogen) atoms. The Morgan fingerprint density at radius 1 is 1.40 bits per heavy atom. The van der Waals surface area contributed by atoms with Crippen LogP contribution < -0.4 is 10.6 Å². The molecule has 0 spiro atoms. The fourth-order valence-electron chi connectivity index (χ4n) is 2.40. The van der Waals surface area contributed by atoms with E-state index in [-0.39, 0.29) is 24.4 Å². The van der Waals surface area contributed by atoms with Gasteiger partial charge in [0.05, 0.1) is 6.61 Å². The molecular formula is C15H23ClN2O2. The molecule has 1 aliphatic heterocycles. The van der Waals surface area contributed by atoms with Crippen LogP contribution in [0.2, 0.25) is 0 Å². The van der Waals surface area contributed by atoms with Crippen LogP contribution in [0, 0.1) is 13.8 Å². The topological polar surface area (TPSA) is 50.4 Å². The third-order valence-corrected chi connectivity index (χ3v) is 3.54. The summed E-state index contributed by atoms with van der Waals surface area (Å²) in [4.78, 5) is 11.9. The van der Waals surface area contributed by atoms with Crippen LogP contribution in [0.5, 0.6) is 0 Å². The second-order valence-corrected chi connectivity index (χ2v) is 4.97. The molecule has 2 rings (SSSR count). The summed E-state index contributed by atoms with van der Waals surface area (Å²) in [7, 11) is 0. The van der Waals surface area contributed by atoms with Crippen molar-refractivity contribution < 1.29 is 9.53 Å². The molecule has 0 aliphatic carbocycles. The number of benzene rings is 1. The van der Waals surface area contributed by atoms with Crippen molar-refractivity contribution >= 4 is 18.3 Å². The highest BCUT2D eigenvalue weighted by Crippen LogP contribution is 2.13. The molecule has 112 valence electrons. The normalized spacial score (nSPS) is 18.2. The van der Waals surface area contributed by atoms with E-state index < -0.39 is 0 Å². The Kier molecular flexibility index (Phi) is 6.99. The minimum atomic E-state index is -0.341. The maximum Gasteiger partial charge on any atom is 0.250 e. The van der Waals surface area contributed by atoms with Crippen LogP contribution in [0.4, 0.5) is 0 Å². The van der Waals surface area contributed by atoms with Crippen molar-refractivity contribution in [2.75, 3.05) is 26.2 Å². The first-order chi connectivity index (χ1) is 9.18. The van der Waals surface area contributed by atoms with Gasteiger partial charge in [-0.05, 0) is 37.0 Å². The molecule has 1 fully saturated rings. The number of aryl methyl sites for hydroxylation is 2. The second-order valence-electron chi connectivity index (χ2n) is 4.97. The maximum atomic E-state index is 11.9. The molecule has 0 saturated carbocycles. The van der Waals surface area contributed by atoms with Gasteiger partial charge in [0, 0.05) is 19.6 Å². The zero-order valence-electron chi connectivity index (χ0n) is 12.1. The van der Waals surface area contributed by atoms with Crippen LogP contribution in [-0.2, 0) is 16.0 Å². The van der Waals surface area contributed by atoms with Gasteiger partial charge in [-0.1, -0.05) is 18.2 Å². The van der Waals surface area contributed by atoms with Crippen LogP contribution in [0.3, 0.4) is 0 Å². The van der Waals surface area contributed by atoms with E-state index >= 15 is 0 Å². The van der Waals surface area contributed by atoms with Gasteiger partial charge in [0.1, 0.15) is 6.10 Å². The van der Waals surface area contributed by atoms with Crippen LogP contribution in [-0.4, -0.2) is 38.3 Å². The summed E-state index contributed by atoms with van der Waals surface area (Å²) in [6, 6.07) is 6.28. The summed E-state index contributed by atoms with van der Waals surface area (Å²) >= 11 is 0. The molecule has 1 aromatic rings. The second kappa shape index (κ2) is 8.25. The predicted octanol–water partition coefficient (Wildman–Crippen LogP) is 1.37. The van der Waals surface area contributed by atoms with E-state index in [9.17, 15) is 4.79 Å². The molecular weight excluding hydrogens is 276 g/mol. The Hall–Kier alpha value is -1.10. The molecule has 0 aromatic heterocycles. The zero-order valence-corrected chi connectivity index (χ0v) is 12.9. The van der Waals surface area contributed by atoms with E-state index in [1.54, 1.807) is 0 Å². The molecule has 5 heteroatoms. The summed E-state index contributed by atoms with van der Waals surface area (Å²) in [5.41, 5.74) is 3.89. The lowest BCUT2D eigenvalue weighted by Crippen LogP contribution is -2.48. The fraction of sp³-hybridized carbons (Fsp3) is 0.533. The molecule has 1 unspecified atom stereocenters. The number of rotatable bonds is 4. The summed E-state index contributed by atoms with van der Waals surface area (Å²) in [5, 5.41) is 6.11. The molecule has 1 aliphatic rings. The lowest BCUT2D eigenvalue weighted by Gasteiger charge is -2.22. The quantitative estimate of drug-likeness (QED) is 0.883. The van der Waals surface area contributed by atoms with E-state index in [2.05, 4.69) is 42.7 Å². The van der Waals surface area contributed by atoms with E-state index in [0.717, 1.165) is 13.0 Å². The van der Waals surface area contributed by atoms with Crippen molar-refractivity contribution in [3.8, 4) is 0 Å². The van der Waals surface area contributed by atoms with Crippen molar-refractivity contribution in [3.63, 3.8) is 0 Å². The van der Waals surface area contributed by atoms with E-state index in [4.69, 9.17) is 4.74 Å². The summed E-state index contributed by atoms with van der Waals surface area (Å²) in [5.74, 6) is -0.0153. The van der Waals surface area contributed by atoms with Gasteiger partial charge in [-0.25, -0.2) is 0 Å². The number of amides is 1. The van der Waals surface area contributed by atoms with Crippen LogP contribution >= 0.6 is 12.4 Å². The van der Waals surface area contributed by atoms with Crippen LogP contribution in [0.15, 0.2) is 18.2 Å². The van der Waals surface area contributed by atoms with Crippen molar-refractivity contribution in [1.82, 2.24) is 10.6 Å². The number of halogens is 1. The number of hydrogen-bond acceptors (Lipinski definition) is 3. The zero-order chi connectivity index (χ0) is 13.7.